The summed E-state index contributed by atoms with van der Waals surface area (Å²) < 4.78 is 11.2. The van der Waals surface area contributed by atoms with E-state index in [1.54, 1.807) is 0 Å². The van der Waals surface area contributed by atoms with Crippen LogP contribution in [0.25, 0.3) is 0 Å². The molecule has 0 aromatic carbocycles. The Morgan fingerprint density at radius 2 is 2.07 bits per heavy atom. The van der Waals surface area contributed by atoms with Crippen molar-refractivity contribution in [3.8, 4) is 0 Å². The van der Waals surface area contributed by atoms with Crippen LogP contribution in [-0.4, -0.2) is 52.3 Å². The first-order valence-electron chi connectivity index (χ1n) is 5.58. The molecule has 2 heterocycles. The lowest BCUT2D eigenvalue weighted by molar-refractivity contribution is 0.140. The molecule has 4 heteroatoms. The molecule has 0 aromatic heterocycles. The molecule has 1 atom stereocenters. The lowest BCUT2D eigenvalue weighted by atomic mass is 10.1. The van der Waals surface area contributed by atoms with Crippen molar-refractivity contribution in [3.05, 3.63) is 0 Å². The van der Waals surface area contributed by atoms with E-state index in [9.17, 15) is 4.21 Å². The highest BCUT2D eigenvalue weighted by Gasteiger charge is 2.26. The first-order chi connectivity index (χ1) is 6.75. The van der Waals surface area contributed by atoms with Crippen LogP contribution in [0.3, 0.4) is 0 Å². The second kappa shape index (κ2) is 4.73. The van der Waals surface area contributed by atoms with Gasteiger partial charge in [-0.15, -0.1) is 0 Å². The van der Waals surface area contributed by atoms with Crippen LogP contribution in [0.1, 0.15) is 19.8 Å². The highest BCUT2D eigenvalue weighted by molar-refractivity contribution is 7.85. The van der Waals surface area contributed by atoms with Crippen molar-refractivity contribution in [1.82, 2.24) is 10.2 Å². The molecule has 0 aromatic rings. The van der Waals surface area contributed by atoms with E-state index in [1.165, 1.54) is 6.54 Å². The van der Waals surface area contributed by atoms with Crippen molar-refractivity contribution in [1.29, 1.82) is 0 Å². The summed E-state index contributed by atoms with van der Waals surface area (Å²) in [6, 6.07) is 1.33. The average Bonchev–Trinajstić information content (AvgIpc) is 2.19. The maximum absolute atomic E-state index is 11.2. The topological polar surface area (TPSA) is 32.3 Å². The summed E-state index contributed by atoms with van der Waals surface area (Å²) >= 11 is 0. The first-order valence-corrected chi connectivity index (χ1v) is 7.07. The second-order valence-corrected chi connectivity index (χ2v) is 6.13. The molecule has 2 fully saturated rings. The van der Waals surface area contributed by atoms with Crippen LogP contribution in [0.2, 0.25) is 0 Å². The standard InChI is InChI=1S/C10H20N2OS/c1-9-8-12(5-4-11-9)10-2-6-14(13)7-3-10/h9-11H,2-8H2,1H3. The third-order valence-electron chi connectivity index (χ3n) is 3.27. The van der Waals surface area contributed by atoms with Crippen LogP contribution in [0, 0.1) is 0 Å². The molecule has 14 heavy (non-hydrogen) atoms. The average molecular weight is 216 g/mol. The van der Waals surface area contributed by atoms with Crippen molar-refractivity contribution in [2.75, 3.05) is 31.1 Å². The molecule has 0 amide bonds. The summed E-state index contributed by atoms with van der Waals surface area (Å²) in [5, 5.41) is 3.46. The van der Waals surface area contributed by atoms with Crippen LogP contribution >= 0.6 is 0 Å². The molecular formula is C10H20N2OS. The van der Waals surface area contributed by atoms with Gasteiger partial charge in [-0.25, -0.2) is 0 Å². The zero-order valence-electron chi connectivity index (χ0n) is 8.87. The first kappa shape index (κ1) is 10.6. The number of hydrogen-bond donors (Lipinski definition) is 1. The molecule has 1 unspecified atom stereocenters. The van der Waals surface area contributed by atoms with E-state index >= 15 is 0 Å². The van der Waals surface area contributed by atoms with Crippen LogP contribution in [0.15, 0.2) is 0 Å². The SMILES string of the molecule is CC1CN(C2CCS(=O)CC2)CCN1. The largest absolute Gasteiger partial charge is 0.312 e. The minimum Gasteiger partial charge on any atom is -0.312 e. The molecule has 2 aliphatic rings. The molecule has 2 aliphatic heterocycles. The van der Waals surface area contributed by atoms with E-state index < -0.39 is 10.8 Å². The summed E-state index contributed by atoms with van der Waals surface area (Å²) in [5.41, 5.74) is 0. The Bertz CT molecular complexity index is 212. The minimum absolute atomic E-state index is 0.516. The van der Waals surface area contributed by atoms with Crippen molar-refractivity contribution >= 4 is 10.8 Å². The van der Waals surface area contributed by atoms with Gasteiger partial charge in [-0.1, -0.05) is 0 Å². The molecule has 1 N–H and O–H groups in total. The Labute approximate surface area is 88.7 Å². The molecule has 0 saturated carbocycles. The smallest absolute Gasteiger partial charge is 0.0249 e. The van der Waals surface area contributed by atoms with Gasteiger partial charge in [0, 0.05) is 54.0 Å². The Morgan fingerprint density at radius 1 is 1.36 bits per heavy atom. The Hall–Kier alpha value is 0.0700. The molecule has 0 aliphatic carbocycles. The van der Waals surface area contributed by atoms with E-state index in [4.69, 9.17) is 0 Å². The second-order valence-electron chi connectivity index (χ2n) is 4.43. The van der Waals surface area contributed by atoms with E-state index in [-0.39, 0.29) is 0 Å². The lowest BCUT2D eigenvalue weighted by Crippen LogP contribution is -2.54. The molecule has 2 saturated heterocycles. The Balaban J connectivity index is 1.85. The maximum Gasteiger partial charge on any atom is 0.0249 e. The Morgan fingerprint density at radius 3 is 2.71 bits per heavy atom. The fourth-order valence-corrected chi connectivity index (χ4v) is 3.71. The van der Waals surface area contributed by atoms with Crippen LogP contribution in [0.5, 0.6) is 0 Å². The van der Waals surface area contributed by atoms with Gasteiger partial charge in [0.25, 0.3) is 0 Å². The van der Waals surface area contributed by atoms with Gasteiger partial charge in [-0.05, 0) is 19.8 Å². The Kier molecular flexibility index (Phi) is 3.57. The van der Waals surface area contributed by atoms with E-state index in [0.717, 1.165) is 37.4 Å². The molecule has 3 nitrogen and oxygen atoms in total. The maximum atomic E-state index is 11.2. The van der Waals surface area contributed by atoms with Crippen LogP contribution < -0.4 is 5.32 Å². The number of nitrogens with one attached hydrogen (secondary N) is 1. The van der Waals surface area contributed by atoms with Gasteiger partial charge in [0.05, 0.1) is 0 Å². The molecule has 2 rings (SSSR count). The van der Waals surface area contributed by atoms with Crippen LogP contribution in [-0.2, 0) is 10.8 Å². The third-order valence-corrected chi connectivity index (χ3v) is 4.66. The normalized spacial score (nSPS) is 41.1. The molecule has 0 bridgehead atoms. The van der Waals surface area contributed by atoms with Crippen molar-refractivity contribution < 1.29 is 4.21 Å². The number of hydrogen-bond acceptors (Lipinski definition) is 3. The van der Waals surface area contributed by atoms with E-state index in [0.29, 0.717) is 12.1 Å². The molecule has 82 valence electrons. The van der Waals surface area contributed by atoms with Gasteiger partial charge in [0.1, 0.15) is 0 Å². The summed E-state index contributed by atoms with van der Waals surface area (Å²) in [4.78, 5) is 2.58. The van der Waals surface area contributed by atoms with Gasteiger partial charge in [0.2, 0.25) is 0 Å². The molecule has 0 spiro atoms. The van der Waals surface area contributed by atoms with E-state index in [1.807, 2.05) is 0 Å². The third kappa shape index (κ3) is 2.55. The van der Waals surface area contributed by atoms with Gasteiger partial charge < -0.3 is 5.32 Å². The minimum atomic E-state index is -0.516. The van der Waals surface area contributed by atoms with Gasteiger partial charge >= 0.3 is 0 Å². The summed E-state index contributed by atoms with van der Waals surface area (Å²) in [5.74, 6) is 1.84. The highest BCUT2D eigenvalue weighted by Crippen LogP contribution is 2.17. The van der Waals surface area contributed by atoms with Gasteiger partial charge in [-0.2, -0.15) is 0 Å². The molecular weight excluding hydrogens is 196 g/mol. The quantitative estimate of drug-likeness (QED) is 0.679. The fraction of sp³-hybridized carbons (Fsp3) is 1.00. The summed E-state index contributed by atoms with van der Waals surface area (Å²) in [6.07, 6.45) is 2.28. The predicted molar refractivity (Wildman–Crippen MR) is 59.9 cm³/mol. The monoisotopic (exact) mass is 216 g/mol. The van der Waals surface area contributed by atoms with Crippen LogP contribution in [0.4, 0.5) is 0 Å². The lowest BCUT2D eigenvalue weighted by Gasteiger charge is -2.39. The van der Waals surface area contributed by atoms with E-state index in [2.05, 4.69) is 17.1 Å². The van der Waals surface area contributed by atoms with Crippen molar-refractivity contribution in [3.63, 3.8) is 0 Å². The zero-order valence-corrected chi connectivity index (χ0v) is 9.68. The highest BCUT2D eigenvalue weighted by atomic mass is 32.2. The number of piperazine rings is 1. The summed E-state index contributed by atoms with van der Waals surface area (Å²) in [6.45, 7) is 5.69. The number of rotatable bonds is 1. The molecule has 0 radical (unpaired) electrons. The summed E-state index contributed by atoms with van der Waals surface area (Å²) in [7, 11) is -0.516. The zero-order chi connectivity index (χ0) is 9.97. The van der Waals surface area contributed by atoms with Gasteiger partial charge in [0.15, 0.2) is 0 Å². The number of nitrogens with zero attached hydrogens (tertiary/aromatic N) is 1. The van der Waals surface area contributed by atoms with Crippen molar-refractivity contribution in [2.45, 2.75) is 31.8 Å². The fourth-order valence-electron chi connectivity index (χ4n) is 2.44. The van der Waals surface area contributed by atoms with Gasteiger partial charge in [-0.3, -0.25) is 9.11 Å². The predicted octanol–water partition coefficient (Wildman–Crippen LogP) is 0.191. The van der Waals surface area contributed by atoms with Crippen molar-refractivity contribution in [2.24, 2.45) is 0 Å².